The Morgan fingerprint density at radius 1 is 1.17 bits per heavy atom. The van der Waals surface area contributed by atoms with E-state index < -0.39 is 10.3 Å². The van der Waals surface area contributed by atoms with Crippen molar-refractivity contribution in [3.05, 3.63) is 22.4 Å². The van der Waals surface area contributed by atoms with Crippen LogP contribution in [-0.2, 0) is 10.3 Å². The minimum absolute atomic E-state index is 1.03. The Morgan fingerprint density at radius 3 is 1.83 bits per heavy atom. The maximum absolute atomic E-state index is 6.96. The second-order valence-corrected chi connectivity index (χ2v) is 39.2. The van der Waals surface area contributed by atoms with E-state index >= 15 is 0 Å². The molecule has 0 aromatic heterocycles. The van der Waals surface area contributed by atoms with Gasteiger partial charge in [-0.15, -0.1) is 0 Å². The van der Waals surface area contributed by atoms with Crippen LogP contribution in [0.25, 0.3) is 0 Å². The normalized spacial score (nSPS) is 26.8. The van der Waals surface area contributed by atoms with Crippen molar-refractivity contribution < 1.29 is 10.3 Å². The molecule has 0 nitrogen and oxygen atoms in total. The average Bonchev–Trinajstić information content (AvgIpc) is 1.99. The van der Waals surface area contributed by atoms with Crippen molar-refractivity contribution in [2.75, 3.05) is 0 Å². The number of halogens is 1. The summed E-state index contributed by atoms with van der Waals surface area (Å²) >= 11 is 0. The Morgan fingerprint density at radius 2 is 1.67 bits per heavy atom. The number of allylic oxidation sites excluding steroid dienone is 4. The van der Waals surface area contributed by atoms with Gasteiger partial charge in [0.15, 0.2) is 0 Å². The van der Waals surface area contributed by atoms with Crippen LogP contribution in [0.4, 0.5) is 0 Å². The Bertz CT molecular complexity index is 285. The van der Waals surface area contributed by atoms with Gasteiger partial charge in [-0.05, 0) is 0 Å². The van der Waals surface area contributed by atoms with Crippen LogP contribution in [0, 0.1) is 0 Å². The second-order valence-electron chi connectivity index (χ2n) is 6.08. The molecule has 0 aromatic carbocycles. The third kappa shape index (κ3) is 2.44. The van der Waals surface area contributed by atoms with Gasteiger partial charge >= 0.3 is 76.4 Å². The molecule has 1 rings (SSSR count). The van der Waals surface area contributed by atoms with Gasteiger partial charge in [0, 0.05) is 0 Å². The van der Waals surface area contributed by atoms with Crippen LogP contribution in [0.1, 0.15) is 6.42 Å². The van der Waals surface area contributed by atoms with Crippen LogP contribution in [0.15, 0.2) is 22.4 Å². The molecular formula is C10H20ClRh. The van der Waals surface area contributed by atoms with E-state index in [2.05, 4.69) is 45.8 Å². The first-order chi connectivity index (χ1) is 4.80. The zero-order chi connectivity index (χ0) is 9.78. The van der Waals surface area contributed by atoms with E-state index in [1.165, 1.54) is 4.17 Å². The minimum atomic E-state index is -3.50. The van der Waals surface area contributed by atoms with Crippen LogP contribution in [-0.4, -0.2) is 0 Å². The zero-order valence-corrected chi connectivity index (χ0v) is 11.0. The molecule has 12 heavy (non-hydrogen) atoms. The first kappa shape index (κ1) is 10.5. The third-order valence-corrected chi connectivity index (χ3v) is 9.09. The van der Waals surface area contributed by atoms with Gasteiger partial charge in [0.05, 0.1) is 0 Å². The molecule has 0 fully saturated rings. The Hall–Kier alpha value is 0.393. The van der Waals surface area contributed by atoms with Gasteiger partial charge in [0.25, 0.3) is 0 Å². The summed E-state index contributed by atoms with van der Waals surface area (Å²) < 4.78 is 1.42. The van der Waals surface area contributed by atoms with Gasteiger partial charge in [-0.25, -0.2) is 0 Å². The molecule has 0 bridgehead atoms. The fourth-order valence-electron chi connectivity index (χ4n) is 1.08. The molecule has 1 aliphatic rings. The van der Waals surface area contributed by atoms with Crippen molar-refractivity contribution in [3.63, 3.8) is 0 Å². The summed E-state index contributed by atoms with van der Waals surface area (Å²) in [6, 6.07) is 0. The van der Waals surface area contributed by atoms with Gasteiger partial charge in [0.1, 0.15) is 0 Å². The maximum atomic E-state index is 6.96. The number of hydrogen-bond acceptors (Lipinski definition) is 0. The molecular weight excluding hydrogens is 258 g/mol. The predicted molar refractivity (Wildman–Crippen MR) is 57.0 cm³/mol. The topological polar surface area (TPSA) is 0 Å². The van der Waals surface area contributed by atoms with Crippen LogP contribution >= 0.6 is 9.69 Å². The molecule has 0 amide bonds. The monoisotopic (exact) mass is 278 g/mol. The molecule has 0 saturated heterocycles. The van der Waals surface area contributed by atoms with E-state index in [1.54, 1.807) is 0 Å². The van der Waals surface area contributed by atoms with E-state index in [0.717, 1.165) is 6.42 Å². The molecule has 2 heteroatoms. The summed E-state index contributed by atoms with van der Waals surface area (Å²) in [4.78, 5) is 0. The predicted octanol–water partition coefficient (Wildman–Crippen LogP) is 4.99. The SMILES string of the molecule is [CH3][Rh]([CH3])([CH3])([CH3])([CH3])([Cl])[C]1=CC=CC1. The first-order valence-corrected chi connectivity index (χ1v) is 14.8. The summed E-state index contributed by atoms with van der Waals surface area (Å²) in [7, 11) is 3.46. The van der Waals surface area contributed by atoms with Crippen molar-refractivity contribution in [2.24, 2.45) is 0 Å². The molecule has 0 N–H and O–H groups in total. The third-order valence-electron chi connectivity index (χ3n) is 1.86. The Balaban J connectivity index is 3.37. The van der Waals surface area contributed by atoms with Gasteiger partial charge in [-0.1, -0.05) is 0 Å². The molecule has 0 spiro atoms. The van der Waals surface area contributed by atoms with Crippen LogP contribution in [0.3, 0.4) is 0 Å². The Labute approximate surface area is 76.3 Å². The van der Waals surface area contributed by atoms with Crippen molar-refractivity contribution in [3.8, 4) is 0 Å². The quantitative estimate of drug-likeness (QED) is 0.593. The summed E-state index contributed by atoms with van der Waals surface area (Å²) in [6.45, 7) is 0. The van der Waals surface area contributed by atoms with Crippen LogP contribution < -0.4 is 0 Å². The van der Waals surface area contributed by atoms with E-state index in [-0.39, 0.29) is 0 Å². The van der Waals surface area contributed by atoms with E-state index in [9.17, 15) is 0 Å². The molecule has 1 aliphatic carbocycles. The summed E-state index contributed by atoms with van der Waals surface area (Å²) in [6.07, 6.45) is 7.51. The van der Waals surface area contributed by atoms with Gasteiger partial charge in [-0.2, -0.15) is 0 Å². The summed E-state index contributed by atoms with van der Waals surface area (Å²) in [5.74, 6) is 0. The number of hydrogen-bond donors (Lipinski definition) is 0. The molecule has 0 heterocycles. The zero-order valence-electron chi connectivity index (χ0n) is 8.65. The van der Waals surface area contributed by atoms with Crippen LogP contribution in [0.2, 0.25) is 27.6 Å². The van der Waals surface area contributed by atoms with Gasteiger partial charge < -0.3 is 0 Å². The van der Waals surface area contributed by atoms with Crippen molar-refractivity contribution in [1.29, 1.82) is 0 Å². The molecule has 0 unspecified atom stereocenters. The molecule has 0 atom stereocenters. The molecule has 0 radical (unpaired) electrons. The van der Waals surface area contributed by atoms with E-state index in [4.69, 9.17) is 9.69 Å². The van der Waals surface area contributed by atoms with Crippen molar-refractivity contribution >= 4 is 9.69 Å². The molecule has 76 valence electrons. The van der Waals surface area contributed by atoms with Gasteiger partial charge in [0.2, 0.25) is 0 Å². The second kappa shape index (κ2) is 1.53. The first-order valence-electron chi connectivity index (χ1n) is 3.68. The van der Waals surface area contributed by atoms with Crippen molar-refractivity contribution in [1.82, 2.24) is 0 Å². The summed E-state index contributed by atoms with van der Waals surface area (Å²) in [5.41, 5.74) is 11.2. The Kier molecular flexibility index (Phi) is 1.33. The standard InChI is InChI=1S/C5H5.5CH3.ClH.Rh/c1-2-4-5-3-1;;;;;;;/h1-3H,4H2;5*1H3;1H;/q;;;;;;;+1/p-1. The number of rotatable bonds is 1. The van der Waals surface area contributed by atoms with Gasteiger partial charge in [-0.3, -0.25) is 0 Å². The van der Waals surface area contributed by atoms with Crippen molar-refractivity contribution in [2.45, 2.75) is 34.0 Å². The molecule has 0 saturated carbocycles. The van der Waals surface area contributed by atoms with E-state index in [1.807, 2.05) is 0 Å². The molecule has 0 aromatic rings. The van der Waals surface area contributed by atoms with Crippen LogP contribution in [0.5, 0.6) is 0 Å². The summed E-state index contributed by atoms with van der Waals surface area (Å²) in [5, 5.41) is 0. The fraction of sp³-hybridized carbons (Fsp3) is 0.600. The fourth-order valence-corrected chi connectivity index (χ4v) is 5.25. The molecule has 0 aliphatic heterocycles. The average molecular weight is 279 g/mol. The van der Waals surface area contributed by atoms with E-state index in [0.29, 0.717) is 0 Å².